The fourth-order valence-electron chi connectivity index (χ4n) is 2.82. The summed E-state index contributed by atoms with van der Waals surface area (Å²) in [7, 11) is 2.51. The first-order chi connectivity index (χ1) is 11.7. The zero-order valence-electron chi connectivity index (χ0n) is 14.7. The molecule has 0 aromatic heterocycles. The van der Waals surface area contributed by atoms with Crippen molar-refractivity contribution in [3.8, 4) is 0 Å². The number of carbonyl (C=O) groups excluding carboxylic acids is 4. The first-order valence-electron chi connectivity index (χ1n) is 7.66. The minimum absolute atomic E-state index is 0.0455. The second kappa shape index (κ2) is 7.50. The topological polar surface area (TPSA) is 125 Å². The molecule has 138 valence electrons. The van der Waals surface area contributed by atoms with Crippen LogP contribution in [0.1, 0.15) is 19.8 Å². The van der Waals surface area contributed by atoms with E-state index in [1.54, 1.807) is 12.2 Å². The first kappa shape index (κ1) is 20.4. The summed E-state index contributed by atoms with van der Waals surface area (Å²) in [6.07, 6.45) is 3.72. The number of esters is 1. The third-order valence-corrected chi connectivity index (χ3v) is 4.73. The van der Waals surface area contributed by atoms with E-state index in [4.69, 9.17) is 5.73 Å². The lowest BCUT2D eigenvalue weighted by Crippen LogP contribution is -2.43. The number of Topliss-reactive ketones (excluding diaryl/α,β-unsaturated/α-hetero) is 1. The minimum Gasteiger partial charge on any atom is -0.468 e. The molecular weight excluding hydrogens is 328 g/mol. The van der Waals surface area contributed by atoms with Gasteiger partial charge in [-0.1, -0.05) is 12.2 Å². The highest BCUT2D eigenvalue weighted by Crippen LogP contribution is 2.53. The maximum Gasteiger partial charge on any atom is 0.407 e. The highest BCUT2D eigenvalue weighted by Gasteiger charge is 2.64. The number of carbonyl (C=O) groups is 4. The zero-order valence-corrected chi connectivity index (χ0v) is 14.7. The fourth-order valence-corrected chi connectivity index (χ4v) is 2.82. The number of nitrogens with two attached hydrogens (primary N) is 1. The van der Waals surface area contributed by atoms with Gasteiger partial charge in [-0.3, -0.25) is 14.4 Å². The van der Waals surface area contributed by atoms with E-state index in [0.29, 0.717) is 12.8 Å². The second-order valence-corrected chi connectivity index (χ2v) is 6.06. The summed E-state index contributed by atoms with van der Waals surface area (Å²) in [6, 6.07) is 0. The van der Waals surface area contributed by atoms with Crippen molar-refractivity contribution < 1.29 is 28.7 Å². The number of amides is 2. The van der Waals surface area contributed by atoms with Gasteiger partial charge in [-0.2, -0.15) is 0 Å². The molecule has 3 N–H and O–H groups in total. The molecule has 2 saturated carbocycles. The van der Waals surface area contributed by atoms with Crippen LogP contribution < -0.4 is 11.1 Å². The lowest BCUT2D eigenvalue weighted by molar-refractivity contribution is -0.151. The summed E-state index contributed by atoms with van der Waals surface area (Å²) >= 11 is 0. The van der Waals surface area contributed by atoms with Gasteiger partial charge in [-0.05, 0) is 19.8 Å². The van der Waals surface area contributed by atoms with E-state index in [1.165, 1.54) is 21.1 Å². The van der Waals surface area contributed by atoms with Crippen molar-refractivity contribution in [2.24, 2.45) is 23.0 Å². The van der Waals surface area contributed by atoms with Gasteiger partial charge in [0.25, 0.3) is 0 Å². The molecule has 0 radical (unpaired) electrons. The summed E-state index contributed by atoms with van der Waals surface area (Å²) in [5, 5.41) is 2.54. The van der Waals surface area contributed by atoms with Crippen LogP contribution in [0.2, 0.25) is 0 Å². The SMILES string of the molecule is C=C[C@H]1C[C@@]1(C(N)=O)C(=O)OC.C=C[C@H]1C[C@@]1(NC(=O)OC)C(C)=O. The molecule has 25 heavy (non-hydrogen) atoms. The van der Waals surface area contributed by atoms with E-state index in [0.717, 1.165) is 0 Å². The summed E-state index contributed by atoms with van der Waals surface area (Å²) < 4.78 is 8.92. The fraction of sp³-hybridized carbons (Fsp3) is 0.529. The number of methoxy groups -OCH3 is 2. The van der Waals surface area contributed by atoms with Gasteiger partial charge in [0.05, 0.1) is 14.2 Å². The molecule has 0 bridgehead atoms. The molecular formula is C17H24N2O6. The van der Waals surface area contributed by atoms with E-state index in [2.05, 4.69) is 27.9 Å². The number of alkyl carbamates (subject to hydrolysis) is 1. The Hall–Kier alpha value is -2.64. The molecule has 0 spiro atoms. The molecule has 4 atom stereocenters. The monoisotopic (exact) mass is 352 g/mol. The van der Waals surface area contributed by atoms with Crippen molar-refractivity contribution >= 4 is 23.8 Å². The molecule has 8 nitrogen and oxygen atoms in total. The molecule has 0 aromatic rings. The van der Waals surface area contributed by atoms with Crippen LogP contribution in [0.3, 0.4) is 0 Å². The van der Waals surface area contributed by atoms with Crippen molar-refractivity contribution in [2.75, 3.05) is 14.2 Å². The van der Waals surface area contributed by atoms with Gasteiger partial charge in [0, 0.05) is 11.8 Å². The van der Waals surface area contributed by atoms with Crippen LogP contribution in [0, 0.1) is 17.3 Å². The number of allylic oxidation sites excluding steroid dienone is 1. The van der Waals surface area contributed by atoms with E-state index >= 15 is 0 Å². The average molecular weight is 352 g/mol. The van der Waals surface area contributed by atoms with Gasteiger partial charge in [-0.25, -0.2) is 4.79 Å². The molecule has 2 amide bonds. The summed E-state index contributed by atoms with van der Waals surface area (Å²) in [4.78, 5) is 44.2. The Morgan fingerprint density at radius 1 is 1.08 bits per heavy atom. The van der Waals surface area contributed by atoms with Crippen LogP contribution in [0.4, 0.5) is 4.79 Å². The summed E-state index contributed by atoms with van der Waals surface area (Å²) in [5.74, 6) is -1.34. The second-order valence-electron chi connectivity index (χ2n) is 6.06. The van der Waals surface area contributed by atoms with Gasteiger partial charge in [0.15, 0.2) is 11.2 Å². The Labute approximate surface area is 146 Å². The predicted octanol–water partition coefficient (Wildman–Crippen LogP) is 0.713. The van der Waals surface area contributed by atoms with Crippen LogP contribution in [-0.4, -0.2) is 43.5 Å². The first-order valence-corrected chi connectivity index (χ1v) is 7.66. The van der Waals surface area contributed by atoms with Crippen molar-refractivity contribution in [2.45, 2.75) is 25.3 Å². The molecule has 0 aliphatic heterocycles. The highest BCUT2D eigenvalue weighted by atomic mass is 16.5. The number of rotatable bonds is 6. The van der Waals surface area contributed by atoms with Crippen LogP contribution >= 0.6 is 0 Å². The molecule has 0 aromatic carbocycles. The quantitative estimate of drug-likeness (QED) is 0.412. The molecule has 2 fully saturated rings. The number of primary amides is 1. The maximum absolute atomic E-state index is 11.2. The molecule has 2 aliphatic rings. The Morgan fingerprint density at radius 2 is 1.64 bits per heavy atom. The Morgan fingerprint density at radius 3 is 1.92 bits per heavy atom. The minimum atomic E-state index is -1.11. The van der Waals surface area contributed by atoms with Crippen molar-refractivity contribution in [3.05, 3.63) is 25.3 Å². The normalized spacial score (nSPS) is 31.3. The van der Waals surface area contributed by atoms with Gasteiger partial charge < -0.3 is 20.5 Å². The van der Waals surface area contributed by atoms with E-state index in [9.17, 15) is 19.2 Å². The predicted molar refractivity (Wildman–Crippen MR) is 89.2 cm³/mol. The number of nitrogens with one attached hydrogen (secondary N) is 1. The average Bonchev–Trinajstić information content (AvgIpc) is 3.47. The van der Waals surface area contributed by atoms with Crippen LogP contribution in [0.15, 0.2) is 25.3 Å². The van der Waals surface area contributed by atoms with Gasteiger partial charge in [0.1, 0.15) is 5.54 Å². The van der Waals surface area contributed by atoms with Gasteiger partial charge >= 0.3 is 12.1 Å². The molecule has 2 aliphatic carbocycles. The number of ketones is 1. The molecule has 8 heteroatoms. The van der Waals surface area contributed by atoms with Gasteiger partial charge in [-0.15, -0.1) is 13.2 Å². The molecule has 2 rings (SSSR count). The smallest absolute Gasteiger partial charge is 0.407 e. The maximum atomic E-state index is 11.2. The third kappa shape index (κ3) is 3.72. The third-order valence-electron chi connectivity index (χ3n) is 4.73. The molecule has 0 heterocycles. The number of ether oxygens (including phenoxy) is 2. The van der Waals surface area contributed by atoms with E-state index in [-0.39, 0.29) is 17.6 Å². The molecule has 0 saturated heterocycles. The van der Waals surface area contributed by atoms with Gasteiger partial charge in [0.2, 0.25) is 5.91 Å². The summed E-state index contributed by atoms with van der Waals surface area (Å²) in [6.45, 7) is 8.55. The van der Waals surface area contributed by atoms with Crippen LogP contribution in [-0.2, 0) is 23.9 Å². The lowest BCUT2D eigenvalue weighted by atomic mass is 10.0. The number of hydrogen-bond acceptors (Lipinski definition) is 6. The Bertz CT molecular complexity index is 616. The zero-order chi connectivity index (χ0) is 19.4. The largest absolute Gasteiger partial charge is 0.468 e. The van der Waals surface area contributed by atoms with Crippen molar-refractivity contribution in [1.82, 2.24) is 5.32 Å². The van der Waals surface area contributed by atoms with Crippen LogP contribution in [0.25, 0.3) is 0 Å². The van der Waals surface area contributed by atoms with Crippen molar-refractivity contribution in [1.29, 1.82) is 0 Å². The standard InChI is InChI=1S/C9H13NO3.C8H11NO3/c1-4-7-5-9(7,6(2)11)10-8(12)13-3;1-3-5-4-8(5,6(9)10)7(11)12-2/h4,7H,1,5H2,2-3H3,(H,10,12);3,5H,1,4H2,2H3,(H2,9,10)/t7-,9+;5-,8+/m00/s1. The van der Waals surface area contributed by atoms with Crippen molar-refractivity contribution in [3.63, 3.8) is 0 Å². The number of hydrogen-bond donors (Lipinski definition) is 2. The Balaban J connectivity index is 0.000000251. The van der Waals surface area contributed by atoms with Crippen LogP contribution in [0.5, 0.6) is 0 Å². The molecule has 0 unspecified atom stereocenters. The van der Waals surface area contributed by atoms with E-state index < -0.39 is 28.9 Å². The highest BCUT2D eigenvalue weighted by molar-refractivity contribution is 6.06. The summed E-state index contributed by atoms with van der Waals surface area (Å²) in [5.41, 5.74) is 3.23. The lowest BCUT2D eigenvalue weighted by Gasteiger charge is -2.13. The van der Waals surface area contributed by atoms with E-state index in [1.807, 2.05) is 0 Å². The Kier molecular flexibility index (Phi) is 6.12.